The standard InChI is InChI=1S/C50H35N5O/c1-54-43-30-29-38(31-44(43)55(2)50(54)56)46-41-19-11-9-17-39(41)45(40-18-10-12-20-42(40)46)34-23-27-37(28-24-34)49-52-47(35-15-7-4-8-16-35)51-48(53-49)36-25-21-33(22-26-36)32-13-5-3-6-14-32/h3-31H,1-2H3. The van der Waals surface area contributed by atoms with E-state index >= 15 is 0 Å². The first-order chi connectivity index (χ1) is 27.5. The van der Waals surface area contributed by atoms with Gasteiger partial charge in [0, 0.05) is 30.8 Å². The van der Waals surface area contributed by atoms with Gasteiger partial charge in [-0.1, -0.05) is 164 Å². The fraction of sp³-hybridized carbons (Fsp3) is 0.0400. The molecule has 0 N–H and O–H groups in total. The molecule has 0 saturated heterocycles. The van der Waals surface area contributed by atoms with Crippen LogP contribution in [0.2, 0.25) is 0 Å². The zero-order valence-electron chi connectivity index (χ0n) is 30.9. The minimum absolute atomic E-state index is 0.0344. The minimum atomic E-state index is -0.0344. The molecule has 0 spiro atoms. The zero-order valence-corrected chi connectivity index (χ0v) is 30.9. The smallest absolute Gasteiger partial charge is 0.295 e. The van der Waals surface area contributed by atoms with Gasteiger partial charge in [0.25, 0.3) is 0 Å². The van der Waals surface area contributed by atoms with Crippen LogP contribution in [0, 0.1) is 0 Å². The largest absolute Gasteiger partial charge is 0.328 e. The molecule has 0 unspecified atom stereocenters. The summed E-state index contributed by atoms with van der Waals surface area (Å²) in [7, 11) is 3.66. The quantitative estimate of drug-likeness (QED) is 0.160. The fourth-order valence-corrected chi connectivity index (χ4v) is 7.99. The lowest BCUT2D eigenvalue weighted by Gasteiger charge is -2.18. The summed E-state index contributed by atoms with van der Waals surface area (Å²) in [4.78, 5) is 27.8. The average molecular weight is 722 g/mol. The highest BCUT2D eigenvalue weighted by atomic mass is 16.1. The van der Waals surface area contributed by atoms with Crippen molar-refractivity contribution < 1.29 is 0 Å². The van der Waals surface area contributed by atoms with E-state index in [1.165, 1.54) is 5.56 Å². The van der Waals surface area contributed by atoms with Gasteiger partial charge in [-0.25, -0.2) is 19.7 Å². The summed E-state index contributed by atoms with van der Waals surface area (Å²) >= 11 is 0. The van der Waals surface area contributed by atoms with E-state index in [0.29, 0.717) is 17.5 Å². The highest BCUT2D eigenvalue weighted by Gasteiger charge is 2.19. The van der Waals surface area contributed by atoms with E-state index in [0.717, 1.165) is 77.1 Å². The van der Waals surface area contributed by atoms with Gasteiger partial charge in [0.2, 0.25) is 0 Å². The Morgan fingerprint density at radius 1 is 0.339 bits per heavy atom. The van der Waals surface area contributed by atoms with E-state index < -0.39 is 0 Å². The summed E-state index contributed by atoms with van der Waals surface area (Å²) in [5.74, 6) is 1.87. The Morgan fingerprint density at radius 3 is 1.18 bits per heavy atom. The van der Waals surface area contributed by atoms with Gasteiger partial charge in [-0.05, 0) is 67.1 Å². The molecule has 0 aliphatic heterocycles. The summed E-state index contributed by atoms with van der Waals surface area (Å²) in [6.45, 7) is 0. The van der Waals surface area contributed by atoms with Gasteiger partial charge in [0.1, 0.15) is 0 Å². The Kier molecular flexibility index (Phi) is 7.96. The van der Waals surface area contributed by atoms with Crippen LogP contribution in [0.1, 0.15) is 0 Å². The third-order valence-corrected chi connectivity index (χ3v) is 10.8. The van der Waals surface area contributed by atoms with E-state index in [9.17, 15) is 4.79 Å². The molecule has 10 rings (SSSR count). The Morgan fingerprint density at radius 2 is 0.679 bits per heavy atom. The van der Waals surface area contributed by atoms with Gasteiger partial charge in [-0.2, -0.15) is 0 Å². The summed E-state index contributed by atoms with van der Waals surface area (Å²) in [5, 5.41) is 4.62. The van der Waals surface area contributed by atoms with Crippen LogP contribution in [0.15, 0.2) is 181 Å². The first kappa shape index (κ1) is 33.2. The Bertz CT molecular complexity index is 3090. The Labute approximate surface area is 323 Å². The number of hydrogen-bond acceptors (Lipinski definition) is 4. The monoisotopic (exact) mass is 721 g/mol. The second-order valence-corrected chi connectivity index (χ2v) is 14.1. The number of aryl methyl sites for hydroxylation is 2. The van der Waals surface area contributed by atoms with Crippen molar-refractivity contribution in [3.8, 4) is 67.5 Å². The maximum absolute atomic E-state index is 12.8. The molecule has 56 heavy (non-hydrogen) atoms. The highest BCUT2D eigenvalue weighted by molar-refractivity contribution is 6.21. The predicted molar refractivity (Wildman–Crippen MR) is 229 cm³/mol. The first-order valence-electron chi connectivity index (χ1n) is 18.7. The van der Waals surface area contributed by atoms with Crippen molar-refractivity contribution >= 4 is 32.6 Å². The van der Waals surface area contributed by atoms with Gasteiger partial charge < -0.3 is 0 Å². The molecule has 0 amide bonds. The zero-order chi connectivity index (χ0) is 37.8. The van der Waals surface area contributed by atoms with E-state index in [-0.39, 0.29) is 5.69 Å². The van der Waals surface area contributed by atoms with Crippen molar-refractivity contribution in [2.75, 3.05) is 0 Å². The van der Waals surface area contributed by atoms with Gasteiger partial charge in [-0.3, -0.25) is 9.13 Å². The molecular weight excluding hydrogens is 687 g/mol. The molecule has 8 aromatic carbocycles. The summed E-state index contributed by atoms with van der Waals surface area (Å²) in [6, 6.07) is 61.0. The molecule has 6 nitrogen and oxygen atoms in total. The van der Waals surface area contributed by atoms with Gasteiger partial charge in [-0.15, -0.1) is 0 Å². The predicted octanol–water partition coefficient (Wildman–Crippen LogP) is 11.4. The third kappa shape index (κ3) is 5.58. The lowest BCUT2D eigenvalue weighted by Crippen LogP contribution is -2.19. The number of imidazole rings is 1. The van der Waals surface area contributed by atoms with Crippen LogP contribution < -0.4 is 5.69 Å². The molecule has 2 heterocycles. The summed E-state index contributed by atoms with van der Waals surface area (Å²) in [5.41, 5.74) is 11.3. The molecule has 266 valence electrons. The number of fused-ring (bicyclic) bond motifs is 3. The molecule has 0 aliphatic rings. The van der Waals surface area contributed by atoms with E-state index in [2.05, 4.69) is 140 Å². The molecule has 10 aromatic rings. The maximum Gasteiger partial charge on any atom is 0.328 e. The molecule has 0 bridgehead atoms. The number of hydrogen-bond donors (Lipinski definition) is 0. The third-order valence-electron chi connectivity index (χ3n) is 10.8. The first-order valence-corrected chi connectivity index (χ1v) is 18.7. The topological polar surface area (TPSA) is 65.6 Å². The van der Waals surface area contributed by atoms with Crippen molar-refractivity contribution in [3.63, 3.8) is 0 Å². The Hall–Kier alpha value is -7.44. The van der Waals surface area contributed by atoms with Gasteiger partial charge >= 0.3 is 5.69 Å². The van der Waals surface area contributed by atoms with Crippen molar-refractivity contribution in [1.82, 2.24) is 24.1 Å². The lowest BCUT2D eigenvalue weighted by atomic mass is 9.86. The molecule has 0 saturated carbocycles. The van der Waals surface area contributed by atoms with Crippen LogP contribution in [0.5, 0.6) is 0 Å². The van der Waals surface area contributed by atoms with E-state index in [4.69, 9.17) is 15.0 Å². The number of benzene rings is 8. The maximum atomic E-state index is 12.8. The van der Waals surface area contributed by atoms with Crippen molar-refractivity contribution in [2.24, 2.45) is 14.1 Å². The molecule has 0 atom stereocenters. The van der Waals surface area contributed by atoms with Crippen LogP contribution in [-0.2, 0) is 14.1 Å². The second kappa shape index (κ2) is 13.4. The number of aromatic nitrogens is 5. The van der Waals surface area contributed by atoms with E-state index in [1.54, 1.807) is 9.13 Å². The number of rotatable bonds is 6. The van der Waals surface area contributed by atoms with Crippen LogP contribution >= 0.6 is 0 Å². The Balaban J connectivity index is 1.10. The van der Waals surface area contributed by atoms with Gasteiger partial charge in [0.15, 0.2) is 17.5 Å². The molecule has 0 fully saturated rings. The summed E-state index contributed by atoms with van der Waals surface area (Å²) in [6.07, 6.45) is 0. The number of nitrogens with zero attached hydrogens (tertiary/aromatic N) is 5. The van der Waals surface area contributed by atoms with Crippen LogP contribution in [0.4, 0.5) is 0 Å². The minimum Gasteiger partial charge on any atom is -0.295 e. The van der Waals surface area contributed by atoms with Crippen LogP contribution in [0.25, 0.3) is 100 Å². The van der Waals surface area contributed by atoms with Crippen molar-refractivity contribution in [1.29, 1.82) is 0 Å². The van der Waals surface area contributed by atoms with E-state index in [1.807, 2.05) is 50.5 Å². The normalized spacial score (nSPS) is 11.5. The second-order valence-electron chi connectivity index (χ2n) is 14.1. The molecule has 0 aliphatic carbocycles. The molecule has 2 aromatic heterocycles. The van der Waals surface area contributed by atoms with Gasteiger partial charge in [0.05, 0.1) is 11.0 Å². The summed E-state index contributed by atoms with van der Waals surface area (Å²) < 4.78 is 3.42. The van der Waals surface area contributed by atoms with Crippen LogP contribution in [-0.4, -0.2) is 24.1 Å². The molecular formula is C50H35N5O. The van der Waals surface area contributed by atoms with Crippen LogP contribution in [0.3, 0.4) is 0 Å². The van der Waals surface area contributed by atoms with Crippen molar-refractivity contribution in [3.05, 3.63) is 186 Å². The average Bonchev–Trinajstić information content (AvgIpc) is 3.48. The fourth-order valence-electron chi connectivity index (χ4n) is 7.99. The molecule has 6 heteroatoms. The van der Waals surface area contributed by atoms with Crippen molar-refractivity contribution in [2.45, 2.75) is 0 Å². The SMILES string of the molecule is Cn1c(=O)n(C)c2cc(-c3c4ccccc4c(-c4ccc(-c5nc(-c6ccccc6)nc(-c6ccc(-c7ccccc7)cc6)n5)cc4)c4ccccc34)ccc21. The highest BCUT2D eigenvalue weighted by Crippen LogP contribution is 2.44. The molecule has 0 radical (unpaired) electrons. The lowest BCUT2D eigenvalue weighted by molar-refractivity contribution is 0.795.